The molecule has 5 nitrogen and oxygen atoms in total. The molecule has 188 valence electrons. The summed E-state index contributed by atoms with van der Waals surface area (Å²) in [5.41, 5.74) is 3.30. The van der Waals surface area contributed by atoms with Gasteiger partial charge in [-0.1, -0.05) is 36.4 Å². The fourth-order valence-electron chi connectivity index (χ4n) is 4.94. The number of para-hydroxylation sites is 1. The third kappa shape index (κ3) is 6.03. The Kier molecular flexibility index (Phi) is 8.11. The van der Waals surface area contributed by atoms with Gasteiger partial charge in [0.15, 0.2) is 0 Å². The zero-order chi connectivity index (χ0) is 24.7. The van der Waals surface area contributed by atoms with Crippen molar-refractivity contribution in [3.63, 3.8) is 0 Å². The number of rotatable bonds is 10. The van der Waals surface area contributed by atoms with Crippen molar-refractivity contribution >= 4 is 28.1 Å². The van der Waals surface area contributed by atoms with E-state index in [2.05, 4.69) is 44.6 Å². The summed E-state index contributed by atoms with van der Waals surface area (Å²) in [5.74, 6) is -0.181. The van der Waals surface area contributed by atoms with E-state index in [1.807, 2.05) is 30.3 Å². The maximum absolute atomic E-state index is 13.4. The number of ether oxygens (including phenoxy) is 1. The number of fused-ring (bicyclic) bond motifs is 1. The van der Waals surface area contributed by atoms with Crippen LogP contribution in [0.5, 0.6) is 0 Å². The SMILES string of the molecule is O=C(CC(c1cccs1)c1cn(Cc2ccc(F)cc2)c2ccccc12)NCCCN1CCOCC1. The second kappa shape index (κ2) is 11.8. The number of halogens is 1. The highest BCUT2D eigenvalue weighted by Crippen LogP contribution is 2.37. The van der Waals surface area contributed by atoms with Crippen molar-refractivity contribution in [2.45, 2.75) is 25.3 Å². The minimum Gasteiger partial charge on any atom is -0.379 e. The van der Waals surface area contributed by atoms with Gasteiger partial charge in [0, 0.05) is 60.5 Å². The summed E-state index contributed by atoms with van der Waals surface area (Å²) in [6.45, 7) is 5.83. The lowest BCUT2D eigenvalue weighted by molar-refractivity contribution is -0.121. The number of morpholine rings is 1. The lowest BCUT2D eigenvalue weighted by Gasteiger charge is -2.26. The van der Waals surface area contributed by atoms with Gasteiger partial charge in [-0.05, 0) is 53.7 Å². The van der Waals surface area contributed by atoms with Crippen molar-refractivity contribution in [1.82, 2.24) is 14.8 Å². The van der Waals surface area contributed by atoms with Crippen LogP contribution in [0.2, 0.25) is 0 Å². The van der Waals surface area contributed by atoms with Crippen LogP contribution in [0.15, 0.2) is 72.2 Å². The van der Waals surface area contributed by atoms with E-state index in [0.717, 1.165) is 61.3 Å². The normalized spacial score (nSPS) is 15.2. The van der Waals surface area contributed by atoms with Crippen LogP contribution in [0, 0.1) is 5.82 Å². The molecule has 2 aromatic carbocycles. The molecule has 36 heavy (non-hydrogen) atoms. The molecule has 1 saturated heterocycles. The van der Waals surface area contributed by atoms with Gasteiger partial charge in [0.05, 0.1) is 13.2 Å². The molecule has 0 aliphatic carbocycles. The number of carbonyl (C=O) groups is 1. The molecule has 2 aromatic heterocycles. The third-order valence-electron chi connectivity index (χ3n) is 6.81. The third-order valence-corrected chi connectivity index (χ3v) is 7.80. The quantitative estimate of drug-likeness (QED) is 0.300. The monoisotopic (exact) mass is 505 g/mol. The molecule has 3 heterocycles. The summed E-state index contributed by atoms with van der Waals surface area (Å²) in [7, 11) is 0. The maximum Gasteiger partial charge on any atom is 0.220 e. The summed E-state index contributed by atoms with van der Waals surface area (Å²) in [4.78, 5) is 16.6. The van der Waals surface area contributed by atoms with E-state index in [4.69, 9.17) is 4.74 Å². The predicted octanol–water partition coefficient (Wildman–Crippen LogP) is 5.25. The fourth-order valence-corrected chi connectivity index (χ4v) is 5.78. The number of thiophene rings is 1. The number of hydrogen-bond donors (Lipinski definition) is 1. The van der Waals surface area contributed by atoms with Gasteiger partial charge in [-0.3, -0.25) is 9.69 Å². The fraction of sp³-hybridized carbons (Fsp3) is 0.345. The summed E-state index contributed by atoms with van der Waals surface area (Å²) in [6.07, 6.45) is 3.51. The zero-order valence-electron chi connectivity index (χ0n) is 20.4. The maximum atomic E-state index is 13.4. The van der Waals surface area contributed by atoms with E-state index in [1.54, 1.807) is 11.3 Å². The van der Waals surface area contributed by atoms with Gasteiger partial charge in [-0.2, -0.15) is 0 Å². The average molecular weight is 506 g/mol. The van der Waals surface area contributed by atoms with Crippen LogP contribution in [-0.2, 0) is 16.1 Å². The van der Waals surface area contributed by atoms with Crippen LogP contribution in [0.1, 0.15) is 34.8 Å². The standard InChI is InChI=1S/C29H32FN3O2S/c30-23-10-8-22(9-11-23)20-33-21-26(24-5-1-2-6-27(24)33)25(28-7-3-18-36-28)19-29(34)31-12-4-13-32-14-16-35-17-15-32/h1-3,5-11,18,21,25H,4,12-17,19-20H2,(H,31,34). The van der Waals surface area contributed by atoms with E-state index < -0.39 is 0 Å². The van der Waals surface area contributed by atoms with Crippen molar-refractivity contribution in [3.05, 3.63) is 94.1 Å². The Balaban J connectivity index is 1.32. The van der Waals surface area contributed by atoms with Crippen LogP contribution in [-0.4, -0.2) is 54.8 Å². The number of benzene rings is 2. The van der Waals surface area contributed by atoms with Crippen LogP contribution in [0.25, 0.3) is 10.9 Å². The minimum absolute atomic E-state index is 0.0244. The van der Waals surface area contributed by atoms with E-state index in [0.29, 0.717) is 19.5 Å². The lowest BCUT2D eigenvalue weighted by Crippen LogP contribution is -2.38. The van der Waals surface area contributed by atoms with Gasteiger partial charge in [0.1, 0.15) is 5.82 Å². The number of nitrogens with one attached hydrogen (secondary N) is 1. The first-order chi connectivity index (χ1) is 17.7. The number of amides is 1. The first-order valence-electron chi connectivity index (χ1n) is 12.6. The number of aromatic nitrogens is 1. The van der Waals surface area contributed by atoms with Crippen LogP contribution < -0.4 is 5.32 Å². The molecule has 5 rings (SSSR count). The molecular formula is C29H32FN3O2S. The molecule has 1 aliphatic rings. The highest BCUT2D eigenvalue weighted by Gasteiger charge is 2.23. The van der Waals surface area contributed by atoms with Crippen molar-refractivity contribution in [2.24, 2.45) is 0 Å². The molecule has 1 unspecified atom stereocenters. The molecular weight excluding hydrogens is 473 g/mol. The summed E-state index contributed by atoms with van der Waals surface area (Å²) < 4.78 is 21.0. The van der Waals surface area contributed by atoms with Crippen LogP contribution in [0.3, 0.4) is 0 Å². The Bertz CT molecular complexity index is 1260. The Morgan fingerprint density at radius 3 is 2.64 bits per heavy atom. The molecule has 1 fully saturated rings. The topological polar surface area (TPSA) is 46.5 Å². The number of carbonyl (C=O) groups excluding carboxylic acids is 1. The van der Waals surface area contributed by atoms with Crippen molar-refractivity contribution in [3.8, 4) is 0 Å². The molecule has 0 radical (unpaired) electrons. The predicted molar refractivity (Wildman–Crippen MR) is 143 cm³/mol. The Hall–Kier alpha value is -3.00. The first kappa shape index (κ1) is 24.7. The van der Waals surface area contributed by atoms with Crippen molar-refractivity contribution in [1.29, 1.82) is 0 Å². The molecule has 1 amide bonds. The minimum atomic E-state index is -0.231. The van der Waals surface area contributed by atoms with E-state index in [-0.39, 0.29) is 17.6 Å². The van der Waals surface area contributed by atoms with E-state index in [9.17, 15) is 9.18 Å². The van der Waals surface area contributed by atoms with Gasteiger partial charge in [0.25, 0.3) is 0 Å². The largest absolute Gasteiger partial charge is 0.379 e. The highest BCUT2D eigenvalue weighted by atomic mass is 32.1. The van der Waals surface area contributed by atoms with Crippen LogP contribution in [0.4, 0.5) is 4.39 Å². The van der Waals surface area contributed by atoms with Gasteiger partial charge in [-0.15, -0.1) is 11.3 Å². The van der Waals surface area contributed by atoms with Gasteiger partial charge in [-0.25, -0.2) is 4.39 Å². The van der Waals surface area contributed by atoms with E-state index >= 15 is 0 Å². The second-order valence-electron chi connectivity index (χ2n) is 9.29. The number of hydrogen-bond acceptors (Lipinski definition) is 4. The molecule has 1 atom stereocenters. The molecule has 7 heteroatoms. The second-order valence-corrected chi connectivity index (χ2v) is 10.3. The van der Waals surface area contributed by atoms with Crippen LogP contribution >= 0.6 is 11.3 Å². The van der Waals surface area contributed by atoms with Gasteiger partial charge in [0.2, 0.25) is 5.91 Å². The summed E-state index contributed by atoms with van der Waals surface area (Å²) in [5, 5.41) is 6.37. The van der Waals surface area contributed by atoms with Crippen molar-refractivity contribution < 1.29 is 13.9 Å². The summed E-state index contributed by atoms with van der Waals surface area (Å²) >= 11 is 1.69. The molecule has 1 aliphatic heterocycles. The molecule has 0 saturated carbocycles. The van der Waals surface area contributed by atoms with E-state index in [1.165, 1.54) is 17.0 Å². The Morgan fingerprint density at radius 1 is 1.06 bits per heavy atom. The lowest BCUT2D eigenvalue weighted by atomic mass is 9.93. The number of nitrogens with zero attached hydrogens (tertiary/aromatic N) is 2. The molecule has 0 spiro atoms. The van der Waals surface area contributed by atoms with Gasteiger partial charge >= 0.3 is 0 Å². The Morgan fingerprint density at radius 2 is 1.86 bits per heavy atom. The zero-order valence-corrected chi connectivity index (χ0v) is 21.2. The van der Waals surface area contributed by atoms with Gasteiger partial charge < -0.3 is 14.6 Å². The Labute approximate surface area is 215 Å². The smallest absolute Gasteiger partial charge is 0.220 e. The van der Waals surface area contributed by atoms with Crippen molar-refractivity contribution in [2.75, 3.05) is 39.4 Å². The molecule has 4 aromatic rings. The molecule has 1 N–H and O–H groups in total. The molecule has 0 bridgehead atoms. The summed E-state index contributed by atoms with van der Waals surface area (Å²) in [6, 6.07) is 19.1. The first-order valence-corrected chi connectivity index (χ1v) is 13.5. The average Bonchev–Trinajstić information content (AvgIpc) is 3.56. The highest BCUT2D eigenvalue weighted by molar-refractivity contribution is 7.10.